The van der Waals surface area contributed by atoms with E-state index in [1.54, 1.807) is 18.6 Å². The van der Waals surface area contributed by atoms with E-state index in [1.807, 2.05) is 13.8 Å². The Bertz CT molecular complexity index is 444. The number of aliphatic hydroxyl groups excluding tert-OH is 1. The van der Waals surface area contributed by atoms with Gasteiger partial charge < -0.3 is 15.3 Å². The molecule has 0 radical (unpaired) electrons. The number of nitrogens with one attached hydrogen (secondary N) is 1. The number of hydrogen-bond acceptors (Lipinski definition) is 5. The van der Waals surface area contributed by atoms with Crippen molar-refractivity contribution in [3.8, 4) is 0 Å². The van der Waals surface area contributed by atoms with Crippen molar-refractivity contribution in [1.29, 1.82) is 0 Å². The summed E-state index contributed by atoms with van der Waals surface area (Å²) in [6, 6.07) is 0. The molecule has 1 saturated heterocycles. The summed E-state index contributed by atoms with van der Waals surface area (Å²) in [5, 5.41) is 12.6. The molecule has 2 N–H and O–H groups in total. The molecule has 1 aromatic heterocycles. The Morgan fingerprint density at radius 3 is 2.71 bits per heavy atom. The van der Waals surface area contributed by atoms with E-state index in [4.69, 9.17) is 0 Å². The van der Waals surface area contributed by atoms with Crippen molar-refractivity contribution in [2.45, 2.75) is 32.8 Å². The molecule has 21 heavy (non-hydrogen) atoms. The highest BCUT2D eigenvalue weighted by molar-refractivity contribution is 5.79. The summed E-state index contributed by atoms with van der Waals surface area (Å²) in [5.74, 6) is 1.10. The summed E-state index contributed by atoms with van der Waals surface area (Å²) in [5.41, 5.74) is 0. The first-order chi connectivity index (χ1) is 10.1. The number of piperidine rings is 1. The normalized spacial score (nSPS) is 17.8. The highest BCUT2D eigenvalue weighted by Gasteiger charge is 2.26. The zero-order chi connectivity index (χ0) is 15.2. The largest absolute Gasteiger partial charge is 0.391 e. The number of nitrogens with zero attached hydrogens (tertiary/aromatic N) is 3. The van der Waals surface area contributed by atoms with Crippen LogP contribution in [-0.4, -0.2) is 46.7 Å². The minimum absolute atomic E-state index is 0.0253. The lowest BCUT2D eigenvalue weighted by Gasteiger charge is -2.32. The van der Waals surface area contributed by atoms with Crippen molar-refractivity contribution < 1.29 is 9.90 Å². The third-order valence-electron chi connectivity index (χ3n) is 3.99. The highest BCUT2D eigenvalue weighted by Crippen LogP contribution is 2.21. The van der Waals surface area contributed by atoms with Gasteiger partial charge >= 0.3 is 0 Å². The topological polar surface area (TPSA) is 78.4 Å². The first kappa shape index (κ1) is 15.7. The zero-order valence-electron chi connectivity index (χ0n) is 12.7. The smallest absolute Gasteiger partial charge is 0.223 e. The molecule has 6 heteroatoms. The number of carbonyl (C=O) groups is 1. The van der Waals surface area contributed by atoms with Crippen LogP contribution in [0.5, 0.6) is 0 Å². The third kappa shape index (κ3) is 4.39. The first-order valence-electron chi connectivity index (χ1n) is 7.54. The second-order valence-corrected chi connectivity index (χ2v) is 5.88. The monoisotopic (exact) mass is 292 g/mol. The van der Waals surface area contributed by atoms with Gasteiger partial charge in [0.2, 0.25) is 5.91 Å². The molecular weight excluding hydrogens is 268 g/mol. The van der Waals surface area contributed by atoms with Gasteiger partial charge in [0.15, 0.2) is 0 Å². The number of rotatable bonds is 5. The molecule has 0 bridgehead atoms. The average molecular weight is 292 g/mol. The van der Waals surface area contributed by atoms with Gasteiger partial charge in [-0.2, -0.15) is 0 Å². The molecule has 1 amide bonds. The van der Waals surface area contributed by atoms with E-state index >= 15 is 0 Å². The summed E-state index contributed by atoms with van der Waals surface area (Å²) in [6.45, 7) is 5.83. The summed E-state index contributed by atoms with van der Waals surface area (Å²) < 4.78 is 0. The Labute approximate surface area is 125 Å². The molecule has 1 aromatic rings. The van der Waals surface area contributed by atoms with Crippen molar-refractivity contribution in [2.75, 3.05) is 24.5 Å². The van der Waals surface area contributed by atoms with E-state index < -0.39 is 6.10 Å². The lowest BCUT2D eigenvalue weighted by Crippen LogP contribution is -2.43. The fourth-order valence-corrected chi connectivity index (χ4v) is 2.41. The van der Waals surface area contributed by atoms with Gasteiger partial charge in [0.25, 0.3) is 0 Å². The van der Waals surface area contributed by atoms with Gasteiger partial charge in [0.1, 0.15) is 5.82 Å². The van der Waals surface area contributed by atoms with E-state index in [-0.39, 0.29) is 17.7 Å². The lowest BCUT2D eigenvalue weighted by atomic mass is 9.95. The molecule has 1 unspecified atom stereocenters. The predicted molar refractivity (Wildman–Crippen MR) is 80.8 cm³/mol. The third-order valence-corrected chi connectivity index (χ3v) is 3.99. The Morgan fingerprint density at radius 1 is 1.43 bits per heavy atom. The van der Waals surface area contributed by atoms with E-state index in [9.17, 15) is 9.90 Å². The van der Waals surface area contributed by atoms with E-state index in [0.717, 1.165) is 31.7 Å². The Balaban J connectivity index is 1.77. The molecule has 1 fully saturated rings. The van der Waals surface area contributed by atoms with Gasteiger partial charge in [-0.05, 0) is 18.8 Å². The van der Waals surface area contributed by atoms with Crippen molar-refractivity contribution in [1.82, 2.24) is 15.3 Å². The van der Waals surface area contributed by atoms with E-state index in [0.29, 0.717) is 6.54 Å². The molecule has 0 aliphatic carbocycles. The summed E-state index contributed by atoms with van der Waals surface area (Å²) >= 11 is 0. The van der Waals surface area contributed by atoms with Crippen molar-refractivity contribution in [3.05, 3.63) is 18.6 Å². The first-order valence-corrected chi connectivity index (χ1v) is 7.54. The van der Waals surface area contributed by atoms with Crippen LogP contribution in [-0.2, 0) is 4.79 Å². The van der Waals surface area contributed by atoms with Crippen LogP contribution in [0.4, 0.5) is 5.82 Å². The fraction of sp³-hybridized carbons (Fsp3) is 0.667. The standard InChI is InChI=1S/C15H24N4O2/c1-11(2)13(20)9-18-15(21)12-3-7-19(8-4-12)14-10-16-5-6-17-14/h5-6,10-13,20H,3-4,7-9H2,1-2H3,(H,18,21). The molecule has 2 rings (SSSR count). The minimum Gasteiger partial charge on any atom is -0.391 e. The molecule has 6 nitrogen and oxygen atoms in total. The van der Waals surface area contributed by atoms with Gasteiger partial charge in [-0.3, -0.25) is 9.78 Å². The summed E-state index contributed by atoms with van der Waals surface area (Å²) in [6.07, 6.45) is 6.22. The lowest BCUT2D eigenvalue weighted by molar-refractivity contribution is -0.126. The van der Waals surface area contributed by atoms with E-state index in [2.05, 4.69) is 20.2 Å². The van der Waals surface area contributed by atoms with Crippen LogP contribution in [0.25, 0.3) is 0 Å². The summed E-state index contributed by atoms with van der Waals surface area (Å²) in [7, 11) is 0. The van der Waals surface area contributed by atoms with Crippen molar-refractivity contribution in [3.63, 3.8) is 0 Å². The summed E-state index contributed by atoms with van der Waals surface area (Å²) in [4.78, 5) is 22.6. The van der Waals surface area contributed by atoms with Crippen LogP contribution in [0.15, 0.2) is 18.6 Å². The van der Waals surface area contributed by atoms with Crippen molar-refractivity contribution >= 4 is 11.7 Å². The number of carbonyl (C=O) groups excluding carboxylic acids is 1. The van der Waals surface area contributed by atoms with Crippen LogP contribution in [0, 0.1) is 11.8 Å². The average Bonchev–Trinajstić information content (AvgIpc) is 2.53. The maximum atomic E-state index is 12.1. The predicted octanol–water partition coefficient (Wildman–Crippen LogP) is 0.826. The van der Waals surface area contributed by atoms with E-state index in [1.165, 1.54) is 0 Å². The fourth-order valence-electron chi connectivity index (χ4n) is 2.41. The quantitative estimate of drug-likeness (QED) is 0.840. The van der Waals surface area contributed by atoms with Gasteiger partial charge in [0.05, 0.1) is 12.3 Å². The zero-order valence-corrected chi connectivity index (χ0v) is 12.7. The van der Waals surface area contributed by atoms with Crippen molar-refractivity contribution in [2.24, 2.45) is 11.8 Å². The second-order valence-electron chi connectivity index (χ2n) is 5.88. The second kappa shape index (κ2) is 7.36. The number of aromatic nitrogens is 2. The molecule has 0 spiro atoms. The van der Waals surface area contributed by atoms with Gasteiger partial charge in [-0.1, -0.05) is 13.8 Å². The number of amides is 1. The maximum Gasteiger partial charge on any atom is 0.223 e. The molecule has 1 aliphatic heterocycles. The molecule has 1 aliphatic rings. The molecule has 0 aromatic carbocycles. The van der Waals surface area contributed by atoms with Crippen LogP contribution in [0.3, 0.4) is 0 Å². The molecule has 2 heterocycles. The van der Waals surface area contributed by atoms with Gasteiger partial charge in [-0.25, -0.2) is 4.98 Å². The van der Waals surface area contributed by atoms with Crippen LogP contribution in [0.2, 0.25) is 0 Å². The van der Waals surface area contributed by atoms with Gasteiger partial charge in [0, 0.05) is 37.9 Å². The highest BCUT2D eigenvalue weighted by atomic mass is 16.3. The van der Waals surface area contributed by atoms with Crippen LogP contribution < -0.4 is 10.2 Å². The Kier molecular flexibility index (Phi) is 5.50. The van der Waals surface area contributed by atoms with Crippen LogP contribution >= 0.6 is 0 Å². The molecule has 1 atom stereocenters. The maximum absolute atomic E-state index is 12.1. The molecule has 0 saturated carbocycles. The number of anilines is 1. The number of aliphatic hydroxyl groups is 1. The number of hydrogen-bond donors (Lipinski definition) is 2. The molecule has 116 valence electrons. The Morgan fingerprint density at radius 2 is 2.14 bits per heavy atom. The van der Waals surface area contributed by atoms with Crippen LogP contribution in [0.1, 0.15) is 26.7 Å². The van der Waals surface area contributed by atoms with Gasteiger partial charge in [-0.15, -0.1) is 0 Å². The molecular formula is C15H24N4O2. The Hall–Kier alpha value is -1.69. The SMILES string of the molecule is CC(C)C(O)CNC(=O)C1CCN(c2cnccn2)CC1. The minimum atomic E-state index is -0.478.